The van der Waals surface area contributed by atoms with Crippen LogP contribution in [0.5, 0.6) is 0 Å². The highest BCUT2D eigenvalue weighted by Gasteiger charge is 2.24. The van der Waals surface area contributed by atoms with E-state index in [0.29, 0.717) is 12.5 Å². The Morgan fingerprint density at radius 2 is 1.93 bits per heavy atom. The molecule has 0 rings (SSSR count). The minimum absolute atomic E-state index is 0.300. The molecule has 4 heteroatoms. The van der Waals surface area contributed by atoms with Gasteiger partial charge in [0.15, 0.2) is 0 Å². The zero-order valence-corrected chi connectivity index (χ0v) is 9.64. The molecule has 0 saturated carbocycles. The molecule has 0 N–H and O–H groups in total. The molecule has 0 aromatic heterocycles. The van der Waals surface area contributed by atoms with Crippen molar-refractivity contribution in [1.29, 1.82) is 0 Å². The van der Waals surface area contributed by atoms with E-state index in [-0.39, 0.29) is 6.54 Å². The Morgan fingerprint density at radius 3 is 2.21 bits per heavy atom. The fourth-order valence-electron chi connectivity index (χ4n) is 0.877. The standard InChI is InChI=1S/C10H20F2N2/c1-6-14(7-10(5,11)12)13-9(4)8(2)3/h8H,6-7H2,1-5H3/b13-9+. The first kappa shape index (κ1) is 13.3. The largest absolute Gasteiger partial charge is 0.291 e. The van der Waals surface area contributed by atoms with Crippen LogP contribution in [0.4, 0.5) is 8.78 Å². The maximum atomic E-state index is 12.7. The smallest absolute Gasteiger partial charge is 0.264 e. The summed E-state index contributed by atoms with van der Waals surface area (Å²) in [5, 5.41) is 5.56. The van der Waals surface area contributed by atoms with Gasteiger partial charge < -0.3 is 0 Å². The van der Waals surface area contributed by atoms with Crippen LogP contribution < -0.4 is 0 Å². The van der Waals surface area contributed by atoms with E-state index in [1.807, 2.05) is 27.7 Å². The molecule has 84 valence electrons. The van der Waals surface area contributed by atoms with Gasteiger partial charge in [-0.1, -0.05) is 13.8 Å². The number of nitrogens with zero attached hydrogens (tertiary/aromatic N) is 2. The first-order valence-electron chi connectivity index (χ1n) is 4.94. The van der Waals surface area contributed by atoms with E-state index < -0.39 is 5.92 Å². The number of alkyl halides is 2. The summed E-state index contributed by atoms with van der Waals surface area (Å²) in [7, 11) is 0. The summed E-state index contributed by atoms with van der Waals surface area (Å²) in [6.45, 7) is 8.79. The van der Waals surface area contributed by atoms with Crippen molar-refractivity contribution in [1.82, 2.24) is 5.01 Å². The van der Waals surface area contributed by atoms with Crippen LogP contribution in [-0.4, -0.2) is 29.7 Å². The topological polar surface area (TPSA) is 15.6 Å². The third-order valence-electron chi connectivity index (χ3n) is 1.96. The molecule has 14 heavy (non-hydrogen) atoms. The average molecular weight is 206 g/mol. The molecular weight excluding hydrogens is 186 g/mol. The summed E-state index contributed by atoms with van der Waals surface area (Å²) in [4.78, 5) is 0. The number of hydrogen-bond acceptors (Lipinski definition) is 2. The van der Waals surface area contributed by atoms with Crippen molar-refractivity contribution >= 4 is 5.71 Å². The van der Waals surface area contributed by atoms with E-state index in [4.69, 9.17) is 0 Å². The van der Waals surface area contributed by atoms with Gasteiger partial charge in [0.1, 0.15) is 0 Å². The van der Waals surface area contributed by atoms with E-state index in [1.165, 1.54) is 5.01 Å². The van der Waals surface area contributed by atoms with Crippen LogP contribution in [0, 0.1) is 5.92 Å². The fraction of sp³-hybridized carbons (Fsp3) is 0.900. The Labute approximate surface area is 85.0 Å². The maximum Gasteiger partial charge on any atom is 0.264 e. The third-order valence-corrected chi connectivity index (χ3v) is 1.96. The first-order chi connectivity index (χ1) is 6.26. The second kappa shape index (κ2) is 5.27. The minimum Gasteiger partial charge on any atom is -0.291 e. The van der Waals surface area contributed by atoms with E-state index in [1.54, 1.807) is 0 Å². The van der Waals surface area contributed by atoms with Gasteiger partial charge in [-0.2, -0.15) is 5.10 Å². The Hall–Kier alpha value is -0.670. The third kappa shape index (κ3) is 5.89. The summed E-state index contributed by atoms with van der Waals surface area (Å²) in [6, 6.07) is 0. The Bertz CT molecular complexity index is 195. The Morgan fingerprint density at radius 1 is 1.43 bits per heavy atom. The maximum absolute atomic E-state index is 12.7. The van der Waals surface area contributed by atoms with Crippen LogP contribution in [0.1, 0.15) is 34.6 Å². The lowest BCUT2D eigenvalue weighted by Crippen LogP contribution is -2.32. The normalized spacial score (nSPS) is 13.6. The highest BCUT2D eigenvalue weighted by atomic mass is 19.3. The number of hydrazone groups is 1. The van der Waals surface area contributed by atoms with Crippen molar-refractivity contribution in [2.24, 2.45) is 11.0 Å². The molecule has 0 atom stereocenters. The molecule has 0 aliphatic rings. The lowest BCUT2D eigenvalue weighted by molar-refractivity contribution is -0.0127. The summed E-state index contributed by atoms with van der Waals surface area (Å²) in [6.07, 6.45) is 0. The molecular formula is C10H20F2N2. The van der Waals surface area contributed by atoms with Gasteiger partial charge in [0, 0.05) is 19.2 Å². The van der Waals surface area contributed by atoms with Crippen LogP contribution in [0.25, 0.3) is 0 Å². The second-order valence-corrected chi connectivity index (χ2v) is 3.95. The molecule has 0 aromatic rings. The van der Waals surface area contributed by atoms with E-state index >= 15 is 0 Å². The van der Waals surface area contributed by atoms with Gasteiger partial charge in [0.2, 0.25) is 0 Å². The molecule has 0 saturated heterocycles. The molecule has 0 spiro atoms. The molecule has 0 heterocycles. The lowest BCUT2D eigenvalue weighted by atomic mass is 10.1. The number of halogens is 2. The van der Waals surface area contributed by atoms with E-state index in [2.05, 4.69) is 5.10 Å². The summed E-state index contributed by atoms with van der Waals surface area (Å²) < 4.78 is 25.4. The molecule has 0 bridgehead atoms. The summed E-state index contributed by atoms with van der Waals surface area (Å²) in [5.41, 5.74) is 0.885. The van der Waals surface area contributed by atoms with Crippen molar-refractivity contribution in [2.75, 3.05) is 13.1 Å². The quantitative estimate of drug-likeness (QED) is 0.498. The second-order valence-electron chi connectivity index (χ2n) is 3.95. The van der Waals surface area contributed by atoms with E-state index in [0.717, 1.165) is 12.6 Å². The average Bonchev–Trinajstić information content (AvgIpc) is 2.00. The summed E-state index contributed by atoms with van der Waals surface area (Å²) >= 11 is 0. The SMILES string of the molecule is CCN(CC(C)(F)F)/N=C(\C)C(C)C. The zero-order valence-electron chi connectivity index (χ0n) is 9.64. The van der Waals surface area contributed by atoms with Crippen LogP contribution in [0.2, 0.25) is 0 Å². The predicted molar refractivity (Wildman–Crippen MR) is 55.8 cm³/mol. The minimum atomic E-state index is -2.68. The van der Waals surface area contributed by atoms with Gasteiger partial charge in [-0.3, -0.25) is 5.01 Å². The van der Waals surface area contributed by atoms with E-state index in [9.17, 15) is 8.78 Å². The predicted octanol–water partition coefficient (Wildman–Crippen LogP) is 3.00. The van der Waals surface area contributed by atoms with Gasteiger partial charge in [0.05, 0.1) is 6.54 Å². The highest BCUT2D eigenvalue weighted by molar-refractivity contribution is 5.83. The highest BCUT2D eigenvalue weighted by Crippen LogP contribution is 2.14. The number of hydrogen-bond donors (Lipinski definition) is 0. The van der Waals surface area contributed by atoms with Crippen molar-refractivity contribution < 1.29 is 8.78 Å². The van der Waals surface area contributed by atoms with Gasteiger partial charge in [-0.05, 0) is 19.8 Å². The molecule has 0 fully saturated rings. The first-order valence-corrected chi connectivity index (χ1v) is 4.94. The van der Waals surface area contributed by atoms with Crippen molar-refractivity contribution in [3.05, 3.63) is 0 Å². The number of rotatable bonds is 5. The van der Waals surface area contributed by atoms with Crippen LogP contribution in [0.3, 0.4) is 0 Å². The zero-order chi connectivity index (χ0) is 11.4. The summed E-state index contributed by atoms with van der Waals surface area (Å²) in [5.74, 6) is -2.38. The van der Waals surface area contributed by atoms with Crippen molar-refractivity contribution in [2.45, 2.75) is 40.5 Å². The lowest BCUT2D eigenvalue weighted by Gasteiger charge is -2.22. The Kier molecular flexibility index (Phi) is 5.02. The molecule has 2 nitrogen and oxygen atoms in total. The molecule has 0 unspecified atom stereocenters. The van der Waals surface area contributed by atoms with Crippen molar-refractivity contribution in [3.63, 3.8) is 0 Å². The molecule has 0 amide bonds. The van der Waals surface area contributed by atoms with Crippen LogP contribution >= 0.6 is 0 Å². The van der Waals surface area contributed by atoms with Gasteiger partial charge in [-0.25, -0.2) is 8.78 Å². The Balaban J connectivity index is 4.36. The fourth-order valence-corrected chi connectivity index (χ4v) is 0.877. The molecule has 0 radical (unpaired) electrons. The van der Waals surface area contributed by atoms with Crippen LogP contribution in [-0.2, 0) is 0 Å². The monoisotopic (exact) mass is 206 g/mol. The van der Waals surface area contributed by atoms with Gasteiger partial charge in [0.25, 0.3) is 5.92 Å². The van der Waals surface area contributed by atoms with Crippen molar-refractivity contribution in [3.8, 4) is 0 Å². The van der Waals surface area contributed by atoms with Crippen LogP contribution in [0.15, 0.2) is 5.10 Å². The molecule has 0 aromatic carbocycles. The molecule has 0 aliphatic carbocycles. The van der Waals surface area contributed by atoms with Gasteiger partial charge in [-0.15, -0.1) is 0 Å². The van der Waals surface area contributed by atoms with Gasteiger partial charge >= 0.3 is 0 Å². The molecule has 0 aliphatic heterocycles.